The van der Waals surface area contributed by atoms with Crippen molar-refractivity contribution in [1.82, 2.24) is 4.57 Å². The van der Waals surface area contributed by atoms with E-state index in [1.54, 1.807) is 6.08 Å². The largest absolute Gasteiger partial charge is 0.342 e. The summed E-state index contributed by atoms with van der Waals surface area (Å²) in [6.45, 7) is 2.70. The van der Waals surface area contributed by atoms with E-state index in [0.29, 0.717) is 12.2 Å². The minimum atomic E-state index is -0.416. The third kappa shape index (κ3) is 4.16. The van der Waals surface area contributed by atoms with Crippen molar-refractivity contribution in [2.45, 2.75) is 13.5 Å². The van der Waals surface area contributed by atoms with Crippen molar-refractivity contribution in [3.05, 3.63) is 107 Å². The Morgan fingerprint density at radius 3 is 2.43 bits per heavy atom. The second-order valence-corrected chi connectivity index (χ2v) is 7.21. The fourth-order valence-electron chi connectivity index (χ4n) is 3.44. The van der Waals surface area contributed by atoms with E-state index in [0.717, 1.165) is 22.0 Å². The van der Waals surface area contributed by atoms with Crippen molar-refractivity contribution < 1.29 is 4.79 Å². The number of nitrogens with zero attached hydrogens (tertiary/aromatic N) is 2. The van der Waals surface area contributed by atoms with E-state index in [-0.39, 0.29) is 5.57 Å². The van der Waals surface area contributed by atoms with Crippen LogP contribution in [0.15, 0.2) is 90.6 Å². The van der Waals surface area contributed by atoms with Crippen molar-refractivity contribution in [2.75, 3.05) is 5.32 Å². The maximum atomic E-state index is 12.7. The summed E-state index contributed by atoms with van der Waals surface area (Å²) in [4.78, 5) is 12.7. The predicted molar refractivity (Wildman–Crippen MR) is 121 cm³/mol. The molecule has 0 spiro atoms. The highest BCUT2D eigenvalue weighted by Gasteiger charge is 2.13. The molecular formula is C26H21N3O. The average molecular weight is 391 g/mol. The van der Waals surface area contributed by atoms with Crippen molar-refractivity contribution in [3.8, 4) is 6.07 Å². The number of aromatic nitrogens is 1. The number of nitriles is 1. The van der Waals surface area contributed by atoms with Crippen molar-refractivity contribution in [3.63, 3.8) is 0 Å². The van der Waals surface area contributed by atoms with E-state index in [4.69, 9.17) is 0 Å². The summed E-state index contributed by atoms with van der Waals surface area (Å²) in [7, 11) is 0. The Kier molecular flexibility index (Phi) is 5.45. The molecule has 0 aliphatic rings. The number of fused-ring (bicyclic) bond motifs is 1. The van der Waals surface area contributed by atoms with Crippen LogP contribution in [0.25, 0.3) is 17.0 Å². The van der Waals surface area contributed by atoms with Crippen LogP contribution in [-0.2, 0) is 11.3 Å². The number of rotatable bonds is 5. The Balaban J connectivity index is 1.67. The Morgan fingerprint density at radius 2 is 1.70 bits per heavy atom. The predicted octanol–water partition coefficient (Wildman–Crippen LogP) is 5.54. The Labute approximate surface area is 175 Å². The van der Waals surface area contributed by atoms with Gasteiger partial charge in [0.2, 0.25) is 0 Å². The van der Waals surface area contributed by atoms with E-state index in [9.17, 15) is 10.1 Å². The standard InChI is InChI=1S/C26H21N3O/c1-19-11-13-23(14-12-19)28-26(30)21(16-27)15-22-18-29(17-20-7-3-2-4-8-20)25-10-6-5-9-24(22)25/h2-15,18H,17H2,1H3,(H,28,30)/b21-15+. The zero-order valence-corrected chi connectivity index (χ0v) is 16.7. The van der Waals surface area contributed by atoms with Gasteiger partial charge in [-0.1, -0.05) is 66.2 Å². The van der Waals surface area contributed by atoms with Crippen LogP contribution in [0.4, 0.5) is 5.69 Å². The molecular weight excluding hydrogens is 370 g/mol. The number of carbonyl (C=O) groups excluding carboxylic acids is 1. The number of hydrogen-bond donors (Lipinski definition) is 1. The summed E-state index contributed by atoms with van der Waals surface area (Å²) >= 11 is 0. The van der Waals surface area contributed by atoms with Gasteiger partial charge in [-0.25, -0.2) is 0 Å². The van der Waals surface area contributed by atoms with Crippen LogP contribution in [0.5, 0.6) is 0 Å². The monoisotopic (exact) mass is 391 g/mol. The highest BCUT2D eigenvalue weighted by Crippen LogP contribution is 2.25. The molecule has 4 heteroatoms. The SMILES string of the molecule is Cc1ccc(NC(=O)/C(C#N)=C/c2cn(Cc3ccccc3)c3ccccc23)cc1. The molecule has 146 valence electrons. The molecule has 0 radical (unpaired) electrons. The molecule has 0 aliphatic heterocycles. The lowest BCUT2D eigenvalue weighted by Crippen LogP contribution is -2.13. The van der Waals surface area contributed by atoms with Crippen LogP contribution in [0.3, 0.4) is 0 Å². The van der Waals surface area contributed by atoms with Crippen molar-refractivity contribution >= 4 is 28.6 Å². The number of amides is 1. The van der Waals surface area contributed by atoms with Crippen LogP contribution in [-0.4, -0.2) is 10.5 Å². The van der Waals surface area contributed by atoms with Gasteiger partial charge in [-0.3, -0.25) is 4.79 Å². The highest BCUT2D eigenvalue weighted by atomic mass is 16.1. The summed E-state index contributed by atoms with van der Waals surface area (Å²) in [5.41, 5.74) is 4.93. The molecule has 0 atom stereocenters. The number of carbonyl (C=O) groups is 1. The zero-order chi connectivity index (χ0) is 20.9. The van der Waals surface area contributed by atoms with Gasteiger partial charge in [0.1, 0.15) is 11.6 Å². The Bertz CT molecular complexity index is 1260. The lowest BCUT2D eigenvalue weighted by Gasteiger charge is -2.05. The molecule has 0 bridgehead atoms. The summed E-state index contributed by atoms with van der Waals surface area (Å²) in [6, 6.07) is 27.8. The summed E-state index contributed by atoms with van der Waals surface area (Å²) in [6.07, 6.45) is 3.65. The van der Waals surface area contributed by atoms with Crippen LogP contribution >= 0.6 is 0 Å². The average Bonchev–Trinajstić information content (AvgIpc) is 3.11. The molecule has 1 heterocycles. The Morgan fingerprint density at radius 1 is 1.00 bits per heavy atom. The minimum Gasteiger partial charge on any atom is -0.342 e. The first-order chi connectivity index (χ1) is 14.6. The molecule has 0 saturated carbocycles. The first-order valence-corrected chi connectivity index (χ1v) is 9.75. The van der Waals surface area contributed by atoms with Gasteiger partial charge in [-0.2, -0.15) is 5.26 Å². The van der Waals surface area contributed by atoms with Gasteiger partial charge in [-0.15, -0.1) is 0 Å². The maximum Gasteiger partial charge on any atom is 0.266 e. The second-order valence-electron chi connectivity index (χ2n) is 7.21. The second kappa shape index (κ2) is 8.50. The fraction of sp³-hybridized carbons (Fsp3) is 0.0769. The zero-order valence-electron chi connectivity index (χ0n) is 16.7. The quantitative estimate of drug-likeness (QED) is 0.358. The van der Waals surface area contributed by atoms with Gasteiger partial charge in [0.05, 0.1) is 0 Å². The molecule has 4 aromatic rings. The summed E-state index contributed by atoms with van der Waals surface area (Å²) < 4.78 is 2.14. The number of aryl methyl sites for hydroxylation is 1. The van der Waals surface area contributed by atoms with Gasteiger partial charge in [0.25, 0.3) is 5.91 Å². The third-order valence-electron chi connectivity index (χ3n) is 4.99. The van der Waals surface area contributed by atoms with E-state index < -0.39 is 5.91 Å². The molecule has 3 aromatic carbocycles. The lowest BCUT2D eigenvalue weighted by molar-refractivity contribution is -0.112. The number of hydrogen-bond acceptors (Lipinski definition) is 2. The van der Waals surface area contributed by atoms with E-state index >= 15 is 0 Å². The fourth-order valence-corrected chi connectivity index (χ4v) is 3.44. The minimum absolute atomic E-state index is 0.0678. The normalized spacial score (nSPS) is 11.3. The molecule has 1 amide bonds. The smallest absolute Gasteiger partial charge is 0.266 e. The van der Waals surface area contributed by atoms with E-state index in [1.807, 2.05) is 85.9 Å². The molecule has 1 N–H and O–H groups in total. The topological polar surface area (TPSA) is 57.8 Å². The third-order valence-corrected chi connectivity index (χ3v) is 4.99. The van der Waals surface area contributed by atoms with Crippen LogP contribution < -0.4 is 5.32 Å². The molecule has 4 rings (SSSR count). The summed E-state index contributed by atoms with van der Waals surface area (Å²) in [5.74, 6) is -0.416. The molecule has 1 aromatic heterocycles. The molecule has 4 nitrogen and oxygen atoms in total. The highest BCUT2D eigenvalue weighted by molar-refractivity contribution is 6.10. The lowest BCUT2D eigenvalue weighted by atomic mass is 10.1. The van der Waals surface area contributed by atoms with Crippen LogP contribution in [0.2, 0.25) is 0 Å². The van der Waals surface area contributed by atoms with Crippen LogP contribution in [0, 0.1) is 18.3 Å². The van der Waals surface area contributed by atoms with Gasteiger partial charge in [-0.05, 0) is 36.8 Å². The van der Waals surface area contributed by atoms with Crippen molar-refractivity contribution in [2.24, 2.45) is 0 Å². The first kappa shape index (κ1) is 19.2. The molecule has 0 saturated heterocycles. The molecule has 30 heavy (non-hydrogen) atoms. The van der Waals surface area contributed by atoms with E-state index in [1.165, 1.54) is 5.56 Å². The van der Waals surface area contributed by atoms with E-state index in [2.05, 4.69) is 22.0 Å². The van der Waals surface area contributed by atoms with Crippen LogP contribution in [0.1, 0.15) is 16.7 Å². The van der Waals surface area contributed by atoms with Gasteiger partial charge in [0, 0.05) is 34.9 Å². The van der Waals surface area contributed by atoms with Crippen molar-refractivity contribution in [1.29, 1.82) is 5.26 Å². The molecule has 0 unspecified atom stereocenters. The summed E-state index contributed by atoms with van der Waals surface area (Å²) in [5, 5.41) is 13.4. The van der Waals surface area contributed by atoms with Gasteiger partial charge >= 0.3 is 0 Å². The van der Waals surface area contributed by atoms with Gasteiger partial charge in [0.15, 0.2) is 0 Å². The first-order valence-electron chi connectivity index (χ1n) is 9.75. The number of anilines is 1. The molecule has 0 aliphatic carbocycles. The maximum absolute atomic E-state index is 12.7. The Hall–Kier alpha value is -4.10. The number of benzene rings is 3. The number of para-hydroxylation sites is 1. The molecule has 0 fully saturated rings. The number of nitrogens with one attached hydrogen (secondary N) is 1. The van der Waals surface area contributed by atoms with Gasteiger partial charge < -0.3 is 9.88 Å².